The van der Waals surface area contributed by atoms with Crippen LogP contribution in [0.4, 0.5) is 4.39 Å². The molecule has 0 aliphatic rings. The van der Waals surface area contributed by atoms with Crippen LogP contribution in [0.5, 0.6) is 0 Å². The number of halogens is 1. The van der Waals surface area contributed by atoms with Crippen LogP contribution in [-0.2, 0) is 0 Å². The minimum Gasteiger partial charge on any atom is -0.206 e. The molecule has 4 rings (SSSR count). The van der Waals surface area contributed by atoms with E-state index in [2.05, 4.69) is 79.7 Å². The molecule has 0 aliphatic carbocycles. The molecular formula is C28H33F. The highest BCUT2D eigenvalue weighted by Gasteiger charge is 2.23. The van der Waals surface area contributed by atoms with Gasteiger partial charge in [-0.1, -0.05) is 79.7 Å². The molecule has 4 aromatic rings. The number of hydrogen-bond acceptors (Lipinski definition) is 0. The molecule has 0 bridgehead atoms. The Morgan fingerprint density at radius 1 is 0.483 bits per heavy atom. The van der Waals surface area contributed by atoms with Crippen molar-refractivity contribution in [1.29, 1.82) is 0 Å². The first kappa shape index (κ1) is 20.1. The fraction of sp³-hybridized carbons (Fsp3) is 0.429. The first-order valence-corrected chi connectivity index (χ1v) is 11.1. The summed E-state index contributed by atoms with van der Waals surface area (Å²) in [4.78, 5) is 0. The maximum atomic E-state index is 15.7. The Kier molecular flexibility index (Phi) is 4.84. The maximum absolute atomic E-state index is 15.7. The van der Waals surface area contributed by atoms with Crippen molar-refractivity contribution in [3.05, 3.63) is 58.4 Å². The van der Waals surface area contributed by atoms with E-state index < -0.39 is 0 Å². The standard InChI is InChI=1S/C28H33F/c1-14(2)20-11-22(16(5)6)24-13-25(29)27-23(17(7)8)12-21(15(3)4)19-10-9-18(20)26(24)28(19)27/h9-17H,1-8H3. The van der Waals surface area contributed by atoms with E-state index in [1.54, 1.807) is 0 Å². The van der Waals surface area contributed by atoms with Gasteiger partial charge in [0.1, 0.15) is 5.82 Å². The monoisotopic (exact) mass is 388 g/mol. The van der Waals surface area contributed by atoms with E-state index in [4.69, 9.17) is 0 Å². The molecule has 0 unspecified atom stereocenters. The molecule has 4 aromatic carbocycles. The third-order valence-electron chi connectivity index (χ3n) is 6.57. The lowest BCUT2D eigenvalue weighted by Crippen LogP contribution is -2.03. The van der Waals surface area contributed by atoms with Crippen LogP contribution in [0.15, 0.2) is 30.3 Å². The molecule has 0 amide bonds. The van der Waals surface area contributed by atoms with Crippen LogP contribution in [0.3, 0.4) is 0 Å². The van der Waals surface area contributed by atoms with Crippen LogP contribution in [0, 0.1) is 5.82 Å². The smallest absolute Gasteiger partial charge is 0.131 e. The van der Waals surface area contributed by atoms with Gasteiger partial charge < -0.3 is 0 Å². The Bertz CT molecular complexity index is 1210. The van der Waals surface area contributed by atoms with Gasteiger partial charge in [0.15, 0.2) is 0 Å². The van der Waals surface area contributed by atoms with E-state index in [0.29, 0.717) is 17.8 Å². The third kappa shape index (κ3) is 2.93. The normalized spacial score (nSPS) is 12.9. The van der Waals surface area contributed by atoms with Crippen LogP contribution in [0.2, 0.25) is 0 Å². The summed E-state index contributed by atoms with van der Waals surface area (Å²) < 4.78 is 15.7. The second kappa shape index (κ2) is 6.97. The molecule has 0 atom stereocenters. The van der Waals surface area contributed by atoms with E-state index in [-0.39, 0.29) is 11.7 Å². The Labute approximate surface area is 174 Å². The van der Waals surface area contributed by atoms with Gasteiger partial charge in [-0.3, -0.25) is 0 Å². The minimum atomic E-state index is -0.0757. The van der Waals surface area contributed by atoms with Crippen molar-refractivity contribution in [3.8, 4) is 0 Å². The predicted octanol–water partition coefficient (Wildman–Crippen LogP) is 9.22. The molecule has 0 heterocycles. The van der Waals surface area contributed by atoms with Crippen molar-refractivity contribution in [2.24, 2.45) is 0 Å². The molecule has 0 saturated carbocycles. The van der Waals surface area contributed by atoms with Gasteiger partial charge in [0.25, 0.3) is 0 Å². The van der Waals surface area contributed by atoms with Crippen LogP contribution >= 0.6 is 0 Å². The number of rotatable bonds is 4. The molecular weight excluding hydrogens is 355 g/mol. The molecule has 0 nitrogen and oxygen atoms in total. The summed E-state index contributed by atoms with van der Waals surface area (Å²) in [6, 6.07) is 10.9. The summed E-state index contributed by atoms with van der Waals surface area (Å²) >= 11 is 0. The summed E-state index contributed by atoms with van der Waals surface area (Å²) in [5.41, 5.74) is 5.10. The highest BCUT2D eigenvalue weighted by Crippen LogP contribution is 2.46. The van der Waals surface area contributed by atoms with Crippen molar-refractivity contribution in [1.82, 2.24) is 0 Å². The predicted molar refractivity (Wildman–Crippen MR) is 126 cm³/mol. The molecule has 0 aliphatic heterocycles. The summed E-state index contributed by atoms with van der Waals surface area (Å²) in [6.45, 7) is 17.8. The van der Waals surface area contributed by atoms with Gasteiger partial charge in [0.05, 0.1) is 0 Å². The second-order valence-electron chi connectivity index (χ2n) is 9.92. The number of benzene rings is 4. The van der Waals surface area contributed by atoms with E-state index in [9.17, 15) is 0 Å². The largest absolute Gasteiger partial charge is 0.206 e. The zero-order valence-electron chi connectivity index (χ0n) is 19.1. The second-order valence-corrected chi connectivity index (χ2v) is 9.92. The van der Waals surface area contributed by atoms with E-state index in [0.717, 1.165) is 21.7 Å². The SMILES string of the molecule is CC(C)c1cc(C(C)C)c2cc(F)c3c(C(C)C)cc(C(C)C)c4ccc1c2c43. The first-order chi connectivity index (χ1) is 13.6. The molecule has 0 radical (unpaired) electrons. The van der Waals surface area contributed by atoms with Crippen LogP contribution in [-0.4, -0.2) is 0 Å². The lowest BCUT2D eigenvalue weighted by Gasteiger charge is -2.24. The fourth-order valence-electron chi connectivity index (χ4n) is 5.05. The van der Waals surface area contributed by atoms with Crippen molar-refractivity contribution < 1.29 is 4.39 Å². The summed E-state index contributed by atoms with van der Waals surface area (Å²) in [5.74, 6) is 1.38. The minimum absolute atomic E-state index is 0.0757. The molecule has 0 saturated heterocycles. The highest BCUT2D eigenvalue weighted by atomic mass is 19.1. The maximum Gasteiger partial charge on any atom is 0.131 e. The molecule has 29 heavy (non-hydrogen) atoms. The van der Waals surface area contributed by atoms with Gasteiger partial charge in [0, 0.05) is 10.8 Å². The van der Waals surface area contributed by atoms with E-state index in [1.807, 2.05) is 6.07 Å². The van der Waals surface area contributed by atoms with Crippen molar-refractivity contribution in [2.75, 3.05) is 0 Å². The zero-order valence-corrected chi connectivity index (χ0v) is 19.1. The summed E-state index contributed by atoms with van der Waals surface area (Å²) in [5, 5.41) is 6.81. The Morgan fingerprint density at radius 2 is 0.897 bits per heavy atom. The average molecular weight is 389 g/mol. The van der Waals surface area contributed by atoms with E-state index >= 15 is 4.39 Å². The van der Waals surface area contributed by atoms with Crippen molar-refractivity contribution in [2.45, 2.75) is 79.1 Å². The van der Waals surface area contributed by atoms with Crippen molar-refractivity contribution in [3.63, 3.8) is 0 Å². The number of hydrogen-bond donors (Lipinski definition) is 0. The molecule has 1 heteroatoms. The molecule has 0 fully saturated rings. The zero-order chi connectivity index (χ0) is 21.2. The van der Waals surface area contributed by atoms with Crippen LogP contribution in [0.25, 0.3) is 32.3 Å². The third-order valence-corrected chi connectivity index (χ3v) is 6.57. The Hall–Kier alpha value is -2.15. The van der Waals surface area contributed by atoms with Crippen LogP contribution < -0.4 is 0 Å². The van der Waals surface area contributed by atoms with E-state index in [1.165, 1.54) is 32.8 Å². The topological polar surface area (TPSA) is 0 Å². The molecule has 0 spiro atoms. The van der Waals surface area contributed by atoms with Gasteiger partial charge >= 0.3 is 0 Å². The first-order valence-electron chi connectivity index (χ1n) is 11.1. The summed E-state index contributed by atoms with van der Waals surface area (Å²) in [6.07, 6.45) is 0. The van der Waals surface area contributed by atoms with Gasteiger partial charge in [-0.2, -0.15) is 0 Å². The Morgan fingerprint density at radius 3 is 1.38 bits per heavy atom. The highest BCUT2D eigenvalue weighted by molar-refractivity contribution is 6.25. The molecule has 0 aromatic heterocycles. The van der Waals surface area contributed by atoms with Gasteiger partial charge in [-0.25, -0.2) is 4.39 Å². The molecule has 152 valence electrons. The van der Waals surface area contributed by atoms with Crippen molar-refractivity contribution >= 4 is 32.3 Å². The fourth-order valence-corrected chi connectivity index (χ4v) is 5.05. The molecule has 0 N–H and O–H groups in total. The summed E-state index contributed by atoms with van der Waals surface area (Å²) in [7, 11) is 0. The average Bonchev–Trinajstić information content (AvgIpc) is 2.64. The van der Waals surface area contributed by atoms with Gasteiger partial charge in [-0.05, 0) is 73.5 Å². The van der Waals surface area contributed by atoms with Gasteiger partial charge in [-0.15, -0.1) is 0 Å². The van der Waals surface area contributed by atoms with Gasteiger partial charge in [0.2, 0.25) is 0 Å². The quantitative estimate of drug-likeness (QED) is 0.306. The lowest BCUT2D eigenvalue weighted by molar-refractivity contribution is 0.639. The van der Waals surface area contributed by atoms with Crippen LogP contribution in [0.1, 0.15) is 101 Å². The Balaban J connectivity index is 2.38. The lowest BCUT2D eigenvalue weighted by atomic mass is 9.80.